The molecule has 0 aliphatic carbocycles. The van der Waals surface area contributed by atoms with Gasteiger partial charge < -0.3 is 14.5 Å². The zero-order valence-corrected chi connectivity index (χ0v) is 17.3. The molecule has 3 aromatic carbocycles. The molecule has 0 saturated heterocycles. The summed E-state index contributed by atoms with van der Waals surface area (Å²) in [6.45, 7) is 3.51. The highest BCUT2D eigenvalue weighted by Crippen LogP contribution is 2.31. The maximum absolute atomic E-state index is 12.4. The third-order valence-corrected chi connectivity index (χ3v) is 5.31. The fourth-order valence-corrected chi connectivity index (χ4v) is 3.64. The standard InChI is InChI=1S/C24H20ClNO4/c1-14-9-24(28)30-21-12-22(20(25)11-19(14)21)29-13-23(27)26-15(2)17-8-7-16-5-3-4-6-18(16)10-17/h3-12,15H,13H2,1-2H3,(H,26,27). The zero-order valence-electron chi connectivity index (χ0n) is 16.6. The smallest absolute Gasteiger partial charge is 0.336 e. The van der Waals surface area contributed by atoms with Crippen LogP contribution in [0.1, 0.15) is 24.1 Å². The third kappa shape index (κ3) is 4.16. The highest BCUT2D eigenvalue weighted by molar-refractivity contribution is 6.32. The van der Waals surface area contributed by atoms with Crippen molar-refractivity contribution in [2.45, 2.75) is 19.9 Å². The molecule has 1 N–H and O–H groups in total. The summed E-state index contributed by atoms with van der Waals surface area (Å²) in [7, 11) is 0. The number of benzene rings is 3. The van der Waals surface area contributed by atoms with Gasteiger partial charge in [-0.2, -0.15) is 0 Å². The van der Waals surface area contributed by atoms with Crippen molar-refractivity contribution in [3.8, 4) is 5.75 Å². The lowest BCUT2D eigenvalue weighted by Gasteiger charge is -2.16. The summed E-state index contributed by atoms with van der Waals surface area (Å²) in [6, 6.07) is 18.6. The van der Waals surface area contributed by atoms with Crippen LogP contribution in [0.3, 0.4) is 0 Å². The maximum Gasteiger partial charge on any atom is 0.336 e. The van der Waals surface area contributed by atoms with Gasteiger partial charge in [0.05, 0.1) is 11.1 Å². The Hall–Kier alpha value is -3.31. The number of amides is 1. The van der Waals surface area contributed by atoms with Crippen molar-refractivity contribution < 1.29 is 13.9 Å². The average Bonchev–Trinajstić information content (AvgIpc) is 2.72. The van der Waals surface area contributed by atoms with Crippen LogP contribution in [0.15, 0.2) is 69.9 Å². The van der Waals surface area contributed by atoms with E-state index in [1.807, 2.05) is 43.3 Å². The number of hydrogen-bond donors (Lipinski definition) is 1. The number of halogens is 1. The predicted molar refractivity (Wildman–Crippen MR) is 118 cm³/mol. The fourth-order valence-electron chi connectivity index (χ4n) is 3.42. The van der Waals surface area contributed by atoms with Gasteiger partial charge in [-0.05, 0) is 47.9 Å². The SMILES string of the molecule is Cc1cc(=O)oc2cc(OCC(=O)NC(C)c3ccc4ccccc4c3)c(Cl)cc12. The lowest BCUT2D eigenvalue weighted by Crippen LogP contribution is -2.31. The van der Waals surface area contributed by atoms with Crippen molar-refractivity contribution in [1.82, 2.24) is 5.32 Å². The molecule has 0 fully saturated rings. The van der Waals surface area contributed by atoms with Crippen molar-refractivity contribution in [2.24, 2.45) is 0 Å². The molecule has 4 aromatic rings. The molecule has 0 radical (unpaired) electrons. The molecular formula is C24H20ClNO4. The molecule has 30 heavy (non-hydrogen) atoms. The molecule has 4 rings (SSSR count). The number of nitrogens with one attached hydrogen (secondary N) is 1. The maximum atomic E-state index is 12.4. The van der Waals surface area contributed by atoms with Crippen LogP contribution in [0.4, 0.5) is 0 Å². The van der Waals surface area contributed by atoms with E-state index in [9.17, 15) is 9.59 Å². The number of carbonyl (C=O) groups excluding carboxylic acids is 1. The summed E-state index contributed by atoms with van der Waals surface area (Å²) in [5, 5.41) is 6.26. The molecule has 0 saturated carbocycles. The fraction of sp³-hybridized carbons (Fsp3) is 0.167. The molecule has 152 valence electrons. The molecule has 5 nitrogen and oxygen atoms in total. The second-order valence-corrected chi connectivity index (χ2v) is 7.62. The first kappa shape index (κ1) is 20.0. The van der Waals surface area contributed by atoms with E-state index < -0.39 is 5.63 Å². The van der Waals surface area contributed by atoms with Crippen LogP contribution in [0, 0.1) is 6.92 Å². The van der Waals surface area contributed by atoms with Gasteiger partial charge in [0.25, 0.3) is 5.91 Å². The summed E-state index contributed by atoms with van der Waals surface area (Å²) in [6.07, 6.45) is 0. The molecule has 1 unspecified atom stereocenters. The lowest BCUT2D eigenvalue weighted by atomic mass is 10.0. The number of aryl methyl sites for hydroxylation is 1. The van der Waals surface area contributed by atoms with Crippen molar-refractivity contribution in [1.29, 1.82) is 0 Å². The van der Waals surface area contributed by atoms with Gasteiger partial charge in [0, 0.05) is 17.5 Å². The van der Waals surface area contributed by atoms with E-state index in [-0.39, 0.29) is 24.3 Å². The van der Waals surface area contributed by atoms with Gasteiger partial charge in [0.1, 0.15) is 11.3 Å². The Labute approximate surface area is 178 Å². The summed E-state index contributed by atoms with van der Waals surface area (Å²) in [4.78, 5) is 24.0. The number of carbonyl (C=O) groups is 1. The summed E-state index contributed by atoms with van der Waals surface area (Å²) in [5.74, 6) is 0.00365. The minimum atomic E-state index is -0.449. The van der Waals surface area contributed by atoms with Gasteiger partial charge in [-0.3, -0.25) is 4.79 Å². The molecule has 0 aliphatic rings. The normalized spacial score (nSPS) is 12.1. The lowest BCUT2D eigenvalue weighted by molar-refractivity contribution is -0.123. The van der Waals surface area contributed by atoms with Crippen LogP contribution in [-0.4, -0.2) is 12.5 Å². The number of ether oxygens (including phenoxy) is 1. The van der Waals surface area contributed by atoms with E-state index in [2.05, 4.69) is 11.4 Å². The molecular weight excluding hydrogens is 402 g/mol. The summed E-state index contributed by atoms with van der Waals surface area (Å²) in [5.41, 5.74) is 1.68. The van der Waals surface area contributed by atoms with Gasteiger partial charge in [-0.15, -0.1) is 0 Å². The Morgan fingerprint density at radius 3 is 2.67 bits per heavy atom. The Balaban J connectivity index is 1.45. The van der Waals surface area contributed by atoms with E-state index in [1.54, 1.807) is 13.0 Å². The predicted octanol–water partition coefficient (Wildman–Crippen LogP) is 5.16. The zero-order chi connectivity index (χ0) is 21.3. The van der Waals surface area contributed by atoms with E-state index in [1.165, 1.54) is 12.1 Å². The highest BCUT2D eigenvalue weighted by atomic mass is 35.5. The minimum absolute atomic E-state index is 0.182. The average molecular weight is 422 g/mol. The Bertz CT molecular complexity index is 1310. The molecule has 6 heteroatoms. The minimum Gasteiger partial charge on any atom is -0.482 e. The second kappa shape index (κ2) is 8.20. The van der Waals surface area contributed by atoms with Crippen LogP contribution < -0.4 is 15.7 Å². The topological polar surface area (TPSA) is 68.5 Å². The Kier molecular flexibility index (Phi) is 5.46. The van der Waals surface area contributed by atoms with E-state index >= 15 is 0 Å². The van der Waals surface area contributed by atoms with Gasteiger partial charge in [-0.1, -0.05) is 48.0 Å². The Morgan fingerprint density at radius 2 is 1.87 bits per heavy atom. The largest absolute Gasteiger partial charge is 0.482 e. The van der Waals surface area contributed by atoms with Crippen LogP contribution in [0.5, 0.6) is 5.75 Å². The van der Waals surface area contributed by atoms with Crippen molar-refractivity contribution >= 4 is 39.2 Å². The first-order chi connectivity index (χ1) is 14.4. The van der Waals surface area contributed by atoms with Crippen LogP contribution >= 0.6 is 11.6 Å². The number of hydrogen-bond acceptors (Lipinski definition) is 4. The van der Waals surface area contributed by atoms with E-state index in [0.717, 1.165) is 27.3 Å². The molecule has 1 heterocycles. The van der Waals surface area contributed by atoms with Gasteiger partial charge in [-0.25, -0.2) is 4.79 Å². The van der Waals surface area contributed by atoms with Crippen LogP contribution in [0.25, 0.3) is 21.7 Å². The van der Waals surface area contributed by atoms with Gasteiger partial charge in [0.2, 0.25) is 0 Å². The molecule has 1 amide bonds. The quantitative estimate of drug-likeness (QED) is 0.452. The number of fused-ring (bicyclic) bond motifs is 2. The highest BCUT2D eigenvalue weighted by Gasteiger charge is 2.13. The Morgan fingerprint density at radius 1 is 1.10 bits per heavy atom. The van der Waals surface area contributed by atoms with Crippen molar-refractivity contribution in [3.63, 3.8) is 0 Å². The van der Waals surface area contributed by atoms with E-state index in [4.69, 9.17) is 20.8 Å². The molecule has 1 atom stereocenters. The van der Waals surface area contributed by atoms with Crippen LogP contribution in [0.2, 0.25) is 5.02 Å². The van der Waals surface area contributed by atoms with Gasteiger partial charge in [0.15, 0.2) is 6.61 Å². The van der Waals surface area contributed by atoms with Crippen LogP contribution in [-0.2, 0) is 4.79 Å². The summed E-state index contributed by atoms with van der Waals surface area (Å²) < 4.78 is 10.8. The first-order valence-electron chi connectivity index (χ1n) is 9.55. The second-order valence-electron chi connectivity index (χ2n) is 7.21. The number of rotatable bonds is 5. The summed E-state index contributed by atoms with van der Waals surface area (Å²) >= 11 is 6.28. The molecule has 0 bridgehead atoms. The van der Waals surface area contributed by atoms with E-state index in [0.29, 0.717) is 10.6 Å². The van der Waals surface area contributed by atoms with Crippen molar-refractivity contribution in [3.05, 3.63) is 87.2 Å². The molecule has 0 spiro atoms. The third-order valence-electron chi connectivity index (χ3n) is 5.01. The first-order valence-corrected chi connectivity index (χ1v) is 9.93. The molecule has 0 aliphatic heterocycles. The van der Waals surface area contributed by atoms with Crippen molar-refractivity contribution in [2.75, 3.05) is 6.61 Å². The van der Waals surface area contributed by atoms with Gasteiger partial charge >= 0.3 is 5.63 Å². The monoisotopic (exact) mass is 421 g/mol. The molecule has 1 aromatic heterocycles.